The van der Waals surface area contributed by atoms with Gasteiger partial charge in [-0.3, -0.25) is 14.4 Å². The summed E-state index contributed by atoms with van der Waals surface area (Å²) in [5, 5.41) is 8.76. The molecular weight excluding hydrogens is 428 g/mol. The van der Waals surface area contributed by atoms with Crippen LogP contribution in [-0.2, 0) is 4.79 Å². The molecule has 0 fully saturated rings. The van der Waals surface area contributed by atoms with Gasteiger partial charge in [-0.1, -0.05) is 37.6 Å². The predicted molar refractivity (Wildman–Crippen MR) is 125 cm³/mol. The van der Waals surface area contributed by atoms with Crippen molar-refractivity contribution in [1.29, 1.82) is 0 Å². The first-order valence-corrected chi connectivity index (χ1v) is 10.4. The van der Waals surface area contributed by atoms with E-state index in [1.54, 1.807) is 72.9 Å². The molecule has 0 saturated carbocycles. The van der Waals surface area contributed by atoms with Crippen LogP contribution in [0.5, 0.6) is 0 Å². The highest BCUT2D eigenvalue weighted by atomic mass is 35.5. The average Bonchev–Trinajstić information content (AvgIpc) is 2.78. The van der Waals surface area contributed by atoms with Gasteiger partial charge >= 0.3 is 0 Å². The molecule has 7 nitrogen and oxygen atoms in total. The number of carbonyl (C=O) groups is 3. The Hall–Kier alpha value is -3.71. The Morgan fingerprint density at radius 1 is 0.844 bits per heavy atom. The van der Waals surface area contributed by atoms with Gasteiger partial charge in [0, 0.05) is 28.0 Å². The summed E-state index contributed by atoms with van der Waals surface area (Å²) in [6, 6.07) is 17.4. The van der Waals surface area contributed by atoms with Crippen molar-refractivity contribution in [3.63, 3.8) is 0 Å². The fourth-order valence-corrected chi connectivity index (χ4v) is 3.07. The molecule has 0 radical (unpaired) electrons. The zero-order valence-electron chi connectivity index (χ0n) is 17.6. The molecule has 2 aromatic carbocycles. The molecule has 3 amide bonds. The Morgan fingerprint density at radius 3 is 2.25 bits per heavy atom. The molecule has 8 heteroatoms. The number of halogens is 1. The lowest BCUT2D eigenvalue weighted by molar-refractivity contribution is -0.118. The second kappa shape index (κ2) is 10.5. The van der Waals surface area contributed by atoms with Gasteiger partial charge in [-0.2, -0.15) is 0 Å². The number of anilines is 2. The summed E-state index contributed by atoms with van der Waals surface area (Å²) in [6.07, 6.45) is 1.58. The summed E-state index contributed by atoms with van der Waals surface area (Å²) in [5.41, 5.74) is 1.20. The first-order chi connectivity index (χ1) is 15.3. The number of benzene rings is 2. The van der Waals surface area contributed by atoms with Gasteiger partial charge in [0.15, 0.2) is 0 Å². The molecule has 164 valence electrons. The molecule has 0 aliphatic carbocycles. The molecule has 3 N–H and O–H groups in total. The van der Waals surface area contributed by atoms with Crippen LogP contribution in [0.25, 0.3) is 0 Å². The molecule has 0 saturated heterocycles. The van der Waals surface area contributed by atoms with Crippen molar-refractivity contribution in [3.05, 3.63) is 89.1 Å². The van der Waals surface area contributed by atoms with Crippen molar-refractivity contribution in [1.82, 2.24) is 10.3 Å². The number of rotatable bonds is 7. The van der Waals surface area contributed by atoms with Crippen molar-refractivity contribution in [3.8, 4) is 0 Å². The van der Waals surface area contributed by atoms with Gasteiger partial charge in [0.25, 0.3) is 11.8 Å². The van der Waals surface area contributed by atoms with Crippen LogP contribution in [0.3, 0.4) is 0 Å². The Kier molecular flexibility index (Phi) is 7.57. The molecule has 3 aromatic rings. The van der Waals surface area contributed by atoms with E-state index in [0.717, 1.165) is 0 Å². The highest BCUT2D eigenvalue weighted by molar-refractivity contribution is 6.30. The van der Waals surface area contributed by atoms with E-state index < -0.39 is 6.04 Å². The fraction of sp³-hybridized carbons (Fsp3) is 0.167. The third-order valence-electron chi connectivity index (χ3n) is 4.64. The van der Waals surface area contributed by atoms with Crippen LogP contribution in [0.2, 0.25) is 5.02 Å². The van der Waals surface area contributed by atoms with E-state index >= 15 is 0 Å². The van der Waals surface area contributed by atoms with Crippen molar-refractivity contribution < 1.29 is 14.4 Å². The van der Waals surface area contributed by atoms with E-state index in [9.17, 15) is 14.4 Å². The van der Waals surface area contributed by atoms with E-state index in [0.29, 0.717) is 27.7 Å². The molecule has 32 heavy (non-hydrogen) atoms. The number of pyridine rings is 1. The Morgan fingerprint density at radius 2 is 1.59 bits per heavy atom. The normalized spacial score (nSPS) is 11.5. The van der Waals surface area contributed by atoms with Crippen molar-refractivity contribution in [2.75, 3.05) is 10.6 Å². The lowest BCUT2D eigenvalue weighted by Crippen LogP contribution is -2.47. The molecule has 1 atom stereocenters. The summed E-state index contributed by atoms with van der Waals surface area (Å²) >= 11 is 5.87. The van der Waals surface area contributed by atoms with E-state index in [-0.39, 0.29) is 23.6 Å². The maximum absolute atomic E-state index is 12.9. The van der Waals surface area contributed by atoms with Crippen LogP contribution >= 0.6 is 11.6 Å². The number of hydrogen-bond acceptors (Lipinski definition) is 4. The van der Waals surface area contributed by atoms with Crippen molar-refractivity contribution >= 4 is 40.8 Å². The number of nitrogens with zero attached hydrogens (tertiary/aromatic N) is 1. The third-order valence-corrected chi connectivity index (χ3v) is 4.89. The SMILES string of the molecule is CC(C)[C@H](NC(=O)c1ccc(Cl)cc1)C(=O)Nc1cccc(C(=O)Nc2ccccn2)c1. The van der Waals surface area contributed by atoms with Gasteiger partial charge < -0.3 is 16.0 Å². The molecule has 1 aromatic heterocycles. The molecular formula is C24H23ClN4O3. The first-order valence-electron chi connectivity index (χ1n) is 10.0. The third kappa shape index (κ3) is 6.15. The fourth-order valence-electron chi connectivity index (χ4n) is 2.94. The van der Waals surface area contributed by atoms with E-state index in [1.807, 2.05) is 13.8 Å². The zero-order valence-corrected chi connectivity index (χ0v) is 18.4. The van der Waals surface area contributed by atoms with Gasteiger partial charge in [-0.05, 0) is 60.5 Å². The van der Waals surface area contributed by atoms with Crippen LogP contribution in [0.4, 0.5) is 11.5 Å². The summed E-state index contributed by atoms with van der Waals surface area (Å²) in [4.78, 5) is 42.0. The quantitative estimate of drug-likeness (QED) is 0.497. The van der Waals surface area contributed by atoms with E-state index in [4.69, 9.17) is 11.6 Å². The number of nitrogens with one attached hydrogen (secondary N) is 3. The minimum absolute atomic E-state index is 0.165. The zero-order chi connectivity index (χ0) is 23.1. The highest BCUT2D eigenvalue weighted by Crippen LogP contribution is 2.15. The van der Waals surface area contributed by atoms with Crippen LogP contribution in [0.15, 0.2) is 72.9 Å². The summed E-state index contributed by atoms with van der Waals surface area (Å²) in [6.45, 7) is 3.67. The van der Waals surface area contributed by atoms with Crippen LogP contribution in [0, 0.1) is 5.92 Å². The molecule has 0 spiro atoms. The van der Waals surface area contributed by atoms with Crippen LogP contribution in [0.1, 0.15) is 34.6 Å². The molecule has 0 aliphatic heterocycles. The largest absolute Gasteiger partial charge is 0.340 e. The number of amides is 3. The summed E-state index contributed by atoms with van der Waals surface area (Å²) in [5.74, 6) is -0.849. The molecule has 1 heterocycles. The van der Waals surface area contributed by atoms with Gasteiger partial charge in [-0.25, -0.2) is 4.98 Å². The number of hydrogen-bond donors (Lipinski definition) is 3. The maximum atomic E-state index is 12.9. The second-order valence-electron chi connectivity index (χ2n) is 7.44. The molecule has 0 aliphatic rings. The van der Waals surface area contributed by atoms with Crippen molar-refractivity contribution in [2.24, 2.45) is 5.92 Å². The summed E-state index contributed by atoms with van der Waals surface area (Å²) in [7, 11) is 0. The molecule has 3 rings (SSSR count). The lowest BCUT2D eigenvalue weighted by atomic mass is 10.0. The number of aromatic nitrogens is 1. The number of carbonyl (C=O) groups excluding carboxylic acids is 3. The van der Waals surface area contributed by atoms with Gasteiger partial charge in [0.1, 0.15) is 11.9 Å². The van der Waals surface area contributed by atoms with Crippen LogP contribution in [-0.4, -0.2) is 28.7 Å². The monoisotopic (exact) mass is 450 g/mol. The van der Waals surface area contributed by atoms with Crippen molar-refractivity contribution in [2.45, 2.75) is 19.9 Å². The van der Waals surface area contributed by atoms with Gasteiger partial charge in [0.2, 0.25) is 5.91 Å². The van der Waals surface area contributed by atoms with Gasteiger partial charge in [0.05, 0.1) is 0 Å². The Bertz CT molecular complexity index is 1100. The minimum Gasteiger partial charge on any atom is -0.340 e. The Labute approximate surface area is 191 Å². The summed E-state index contributed by atoms with van der Waals surface area (Å²) < 4.78 is 0. The standard InChI is InChI=1S/C24H23ClN4O3/c1-15(2)21(29-22(30)16-9-11-18(25)12-10-16)24(32)27-19-7-5-6-17(14-19)23(31)28-20-8-3-4-13-26-20/h3-15,21H,1-2H3,(H,27,32)(H,29,30)(H,26,28,31)/t21-/m0/s1. The highest BCUT2D eigenvalue weighted by Gasteiger charge is 2.25. The lowest BCUT2D eigenvalue weighted by Gasteiger charge is -2.22. The van der Waals surface area contributed by atoms with E-state index in [2.05, 4.69) is 20.9 Å². The topological polar surface area (TPSA) is 100 Å². The van der Waals surface area contributed by atoms with E-state index in [1.165, 1.54) is 0 Å². The predicted octanol–water partition coefficient (Wildman–Crippen LogP) is 4.38. The maximum Gasteiger partial charge on any atom is 0.256 e. The average molecular weight is 451 g/mol. The Balaban J connectivity index is 1.68. The second-order valence-corrected chi connectivity index (χ2v) is 7.88. The smallest absolute Gasteiger partial charge is 0.256 e. The molecule has 0 unspecified atom stereocenters. The molecule has 0 bridgehead atoms. The first kappa shape index (κ1) is 23.0. The van der Waals surface area contributed by atoms with Gasteiger partial charge in [-0.15, -0.1) is 0 Å². The minimum atomic E-state index is -0.774. The van der Waals surface area contributed by atoms with Crippen LogP contribution < -0.4 is 16.0 Å².